The van der Waals surface area contributed by atoms with Crippen LogP contribution in [0.5, 0.6) is 0 Å². The SMILES string of the molecule is CCCCCCCC([CH2][Hg][Cl])OC. The summed E-state index contributed by atoms with van der Waals surface area (Å²) < 4.78 is 6.58. The van der Waals surface area contributed by atoms with Gasteiger partial charge in [-0.3, -0.25) is 0 Å². The molecule has 0 saturated carbocycles. The molecule has 0 saturated heterocycles. The van der Waals surface area contributed by atoms with Crippen LogP contribution >= 0.6 is 8.25 Å². The fraction of sp³-hybridized carbons (Fsp3) is 1.00. The molecule has 0 fully saturated rings. The van der Waals surface area contributed by atoms with E-state index in [1.807, 2.05) is 7.11 Å². The van der Waals surface area contributed by atoms with Gasteiger partial charge in [-0.15, -0.1) is 0 Å². The van der Waals surface area contributed by atoms with Crippen LogP contribution < -0.4 is 0 Å². The van der Waals surface area contributed by atoms with Crippen molar-refractivity contribution in [2.75, 3.05) is 7.11 Å². The Morgan fingerprint density at radius 1 is 1.23 bits per heavy atom. The second-order valence-corrected chi connectivity index (χ2v) is 10.6. The molecule has 0 aromatic heterocycles. The third-order valence-electron chi connectivity index (χ3n) is 2.39. The van der Waals surface area contributed by atoms with E-state index < -0.39 is 23.3 Å². The molecule has 0 aromatic carbocycles. The predicted molar refractivity (Wildman–Crippen MR) is 54.8 cm³/mol. The molecule has 3 heteroatoms. The summed E-state index contributed by atoms with van der Waals surface area (Å²) in [7, 11) is 7.70. The first-order valence-electron chi connectivity index (χ1n) is 5.43. The summed E-state index contributed by atoms with van der Waals surface area (Å²) in [6, 6.07) is 0. The first-order valence-corrected chi connectivity index (χ1v) is 16.1. The summed E-state index contributed by atoms with van der Waals surface area (Å²) in [4.78, 5) is 0. The standard InChI is InChI=1S/C10H21O.ClH.Hg/c1-4-5-6-7-8-9-10(2)11-3;;/h10H,2,4-9H2,1,3H3;1H;/q;;+1/p-1. The second-order valence-electron chi connectivity index (χ2n) is 3.54. The predicted octanol–water partition coefficient (Wildman–Crippen LogP) is 4.02. The molecule has 0 aliphatic carbocycles. The average molecular weight is 393 g/mol. The van der Waals surface area contributed by atoms with Crippen LogP contribution in [0.3, 0.4) is 0 Å². The van der Waals surface area contributed by atoms with E-state index >= 15 is 0 Å². The van der Waals surface area contributed by atoms with Gasteiger partial charge in [0.2, 0.25) is 0 Å². The molecule has 0 amide bonds. The van der Waals surface area contributed by atoms with Gasteiger partial charge in [-0.2, -0.15) is 0 Å². The first-order chi connectivity index (χ1) is 6.35. The van der Waals surface area contributed by atoms with Crippen molar-refractivity contribution in [3.8, 4) is 0 Å². The van der Waals surface area contributed by atoms with Gasteiger partial charge in [0.1, 0.15) is 0 Å². The molecular formula is C10H21ClHgO. The van der Waals surface area contributed by atoms with E-state index in [1.165, 1.54) is 42.5 Å². The van der Waals surface area contributed by atoms with Crippen LogP contribution in [0.25, 0.3) is 0 Å². The van der Waals surface area contributed by atoms with Crippen LogP contribution in [0, 0.1) is 0 Å². The molecule has 0 aliphatic heterocycles. The quantitative estimate of drug-likeness (QED) is 0.425. The number of unbranched alkanes of at least 4 members (excludes halogenated alkanes) is 4. The van der Waals surface area contributed by atoms with Gasteiger partial charge in [-0.1, -0.05) is 0 Å². The van der Waals surface area contributed by atoms with Gasteiger partial charge in [-0.25, -0.2) is 0 Å². The Kier molecular flexibility index (Phi) is 12.3. The van der Waals surface area contributed by atoms with Crippen LogP contribution in [-0.2, 0) is 28.1 Å². The number of halogens is 1. The molecule has 0 aromatic rings. The zero-order valence-electron chi connectivity index (χ0n) is 9.02. The number of rotatable bonds is 9. The van der Waals surface area contributed by atoms with Crippen molar-refractivity contribution < 1.29 is 28.1 Å². The minimum absolute atomic E-state index is 0.487. The zero-order chi connectivity index (χ0) is 9.94. The van der Waals surface area contributed by atoms with E-state index in [9.17, 15) is 0 Å². The topological polar surface area (TPSA) is 9.23 Å². The molecule has 1 unspecified atom stereocenters. The minimum atomic E-state index is -0.975. The summed E-state index contributed by atoms with van der Waals surface area (Å²) in [6.07, 6.45) is 8.50. The average Bonchev–Trinajstić information content (AvgIpc) is 2.16. The monoisotopic (exact) mass is 394 g/mol. The fourth-order valence-corrected chi connectivity index (χ4v) is 6.60. The van der Waals surface area contributed by atoms with Crippen molar-refractivity contribution in [1.29, 1.82) is 0 Å². The molecule has 0 spiro atoms. The molecule has 0 heterocycles. The Labute approximate surface area is 98.4 Å². The van der Waals surface area contributed by atoms with E-state index in [0.29, 0.717) is 6.10 Å². The molecule has 13 heavy (non-hydrogen) atoms. The Hall–Kier alpha value is 1.19. The Morgan fingerprint density at radius 3 is 2.46 bits per heavy atom. The van der Waals surface area contributed by atoms with Gasteiger partial charge in [0.25, 0.3) is 0 Å². The van der Waals surface area contributed by atoms with Gasteiger partial charge in [0.15, 0.2) is 0 Å². The van der Waals surface area contributed by atoms with Gasteiger partial charge < -0.3 is 0 Å². The fourth-order valence-electron chi connectivity index (χ4n) is 1.48. The summed E-state index contributed by atoms with van der Waals surface area (Å²) in [5.41, 5.74) is 0. The maximum atomic E-state index is 5.88. The summed E-state index contributed by atoms with van der Waals surface area (Å²) in [5, 5.41) is 0. The number of hydrogen-bond donors (Lipinski definition) is 0. The van der Waals surface area contributed by atoms with Crippen LogP contribution in [-0.4, -0.2) is 13.2 Å². The molecular weight excluding hydrogens is 372 g/mol. The van der Waals surface area contributed by atoms with Crippen molar-refractivity contribution in [3.05, 3.63) is 0 Å². The Morgan fingerprint density at radius 2 is 1.92 bits per heavy atom. The van der Waals surface area contributed by atoms with E-state index in [1.54, 1.807) is 0 Å². The molecule has 1 nitrogen and oxygen atoms in total. The van der Waals surface area contributed by atoms with Crippen molar-refractivity contribution in [2.24, 2.45) is 0 Å². The first kappa shape index (κ1) is 14.2. The third-order valence-corrected chi connectivity index (χ3v) is 7.66. The molecule has 0 radical (unpaired) electrons. The van der Waals surface area contributed by atoms with Crippen molar-refractivity contribution in [2.45, 2.75) is 55.5 Å². The number of ether oxygens (including phenoxy) is 1. The second kappa shape index (κ2) is 11.3. The third kappa shape index (κ3) is 9.49. The molecule has 0 rings (SSSR count). The van der Waals surface area contributed by atoms with E-state index in [4.69, 9.17) is 13.0 Å². The molecule has 0 aliphatic rings. The van der Waals surface area contributed by atoms with Gasteiger partial charge in [-0.05, 0) is 0 Å². The van der Waals surface area contributed by atoms with E-state index in [2.05, 4.69) is 6.92 Å². The normalized spacial score (nSPS) is 12.5. The molecule has 0 bridgehead atoms. The summed E-state index contributed by atoms with van der Waals surface area (Å²) in [5.74, 6) is 0. The maximum absolute atomic E-state index is 5.88. The van der Waals surface area contributed by atoms with Gasteiger partial charge >= 0.3 is 98.9 Å². The van der Waals surface area contributed by atoms with Crippen LogP contribution in [0.2, 0.25) is 3.93 Å². The van der Waals surface area contributed by atoms with Gasteiger partial charge in [0.05, 0.1) is 0 Å². The molecule has 76 valence electrons. The van der Waals surface area contributed by atoms with E-state index in [0.717, 1.165) is 0 Å². The Bertz CT molecular complexity index is 101. The van der Waals surface area contributed by atoms with Crippen molar-refractivity contribution >= 4 is 8.25 Å². The van der Waals surface area contributed by atoms with Crippen LogP contribution in [0.4, 0.5) is 0 Å². The number of methoxy groups -OCH3 is 1. The molecule has 1 atom stereocenters. The summed E-state index contributed by atoms with van der Waals surface area (Å²) >= 11 is -0.975. The number of hydrogen-bond acceptors (Lipinski definition) is 1. The summed E-state index contributed by atoms with van der Waals surface area (Å²) in [6.45, 7) is 2.25. The van der Waals surface area contributed by atoms with Crippen molar-refractivity contribution in [1.82, 2.24) is 0 Å². The van der Waals surface area contributed by atoms with Gasteiger partial charge in [0, 0.05) is 0 Å². The zero-order valence-corrected chi connectivity index (χ0v) is 15.3. The Balaban J connectivity index is 3.17. The molecule has 0 N–H and O–H groups in total. The van der Waals surface area contributed by atoms with Crippen molar-refractivity contribution in [3.63, 3.8) is 0 Å². The van der Waals surface area contributed by atoms with E-state index in [-0.39, 0.29) is 0 Å². The van der Waals surface area contributed by atoms with Crippen LogP contribution in [0.15, 0.2) is 0 Å². The van der Waals surface area contributed by atoms with Crippen LogP contribution in [0.1, 0.15) is 45.4 Å².